The van der Waals surface area contributed by atoms with Crippen LogP contribution in [-0.2, 0) is 0 Å². The van der Waals surface area contributed by atoms with Gasteiger partial charge in [0.2, 0.25) is 0 Å². The minimum Gasteiger partial charge on any atom is -0.508 e. The molecule has 0 aliphatic heterocycles. The molecule has 84 valence electrons. The molecule has 2 heteroatoms. The van der Waals surface area contributed by atoms with Gasteiger partial charge in [-0.25, -0.2) is 0 Å². The Kier molecular flexibility index (Phi) is 3.00. The summed E-state index contributed by atoms with van der Waals surface area (Å²) in [4.78, 5) is 0. The Labute approximate surface area is 95.9 Å². The summed E-state index contributed by atoms with van der Waals surface area (Å²) in [5.74, 6) is 1.18. The molecule has 2 nitrogen and oxygen atoms in total. The Morgan fingerprint density at radius 3 is 2.62 bits per heavy atom. The summed E-state index contributed by atoms with van der Waals surface area (Å²) in [7, 11) is 0. The molecule has 0 saturated heterocycles. The van der Waals surface area contributed by atoms with E-state index >= 15 is 0 Å². The number of benzene rings is 1. The average Bonchev–Trinajstić information content (AvgIpc) is 2.34. The number of hydrogen-bond donors (Lipinski definition) is 1. The predicted octanol–water partition coefficient (Wildman–Crippen LogP) is 3.62. The van der Waals surface area contributed by atoms with E-state index in [1.165, 1.54) is 0 Å². The maximum atomic E-state index is 9.32. The van der Waals surface area contributed by atoms with E-state index in [0.29, 0.717) is 12.2 Å². The molecule has 0 aromatic heterocycles. The minimum absolute atomic E-state index is 0.312. The number of aliphatic hydroxyl groups excluding tert-OH is 1. The number of allylic oxidation sites excluding steroid dienone is 1. The van der Waals surface area contributed by atoms with Crippen LogP contribution in [0.3, 0.4) is 0 Å². The summed E-state index contributed by atoms with van der Waals surface area (Å²) in [6, 6.07) is 9.78. The van der Waals surface area contributed by atoms with Gasteiger partial charge in [-0.3, -0.25) is 0 Å². The van der Waals surface area contributed by atoms with Gasteiger partial charge in [-0.1, -0.05) is 25.1 Å². The molecule has 1 atom stereocenters. The smallest absolute Gasteiger partial charge is 0.131 e. The van der Waals surface area contributed by atoms with Crippen molar-refractivity contribution in [3.8, 4) is 5.75 Å². The zero-order valence-corrected chi connectivity index (χ0v) is 9.39. The van der Waals surface area contributed by atoms with E-state index in [1.807, 2.05) is 36.4 Å². The van der Waals surface area contributed by atoms with Crippen LogP contribution in [0.25, 0.3) is 0 Å². The fraction of sp³-hybridized carbons (Fsp3) is 0.286. The van der Waals surface area contributed by atoms with Gasteiger partial charge in [-0.2, -0.15) is 0 Å². The Balaban J connectivity index is 2.16. The van der Waals surface area contributed by atoms with E-state index in [4.69, 9.17) is 4.74 Å². The van der Waals surface area contributed by atoms with Crippen LogP contribution in [-0.4, -0.2) is 10.7 Å². The van der Waals surface area contributed by atoms with Crippen molar-refractivity contribution in [3.63, 3.8) is 0 Å². The van der Waals surface area contributed by atoms with E-state index in [9.17, 15) is 5.11 Å². The van der Waals surface area contributed by atoms with Crippen LogP contribution in [0.1, 0.15) is 19.8 Å². The van der Waals surface area contributed by atoms with Crippen molar-refractivity contribution >= 4 is 0 Å². The molecular formula is C14H16O2. The molecule has 1 aliphatic rings. The molecule has 2 rings (SSSR count). The molecule has 1 N–H and O–H groups in total. The molecule has 1 aliphatic carbocycles. The molecule has 1 aromatic rings. The molecule has 0 radical (unpaired) electrons. The molecule has 1 aromatic carbocycles. The molecule has 1 unspecified atom stereocenters. The first kappa shape index (κ1) is 10.8. The topological polar surface area (TPSA) is 29.5 Å². The predicted molar refractivity (Wildman–Crippen MR) is 64.6 cm³/mol. The molecule has 0 spiro atoms. The highest BCUT2D eigenvalue weighted by atomic mass is 16.5. The lowest BCUT2D eigenvalue weighted by Crippen LogP contribution is -2.33. The molecule has 0 bridgehead atoms. The number of hydrogen-bond acceptors (Lipinski definition) is 2. The fourth-order valence-electron chi connectivity index (χ4n) is 1.78. The third-order valence-corrected chi connectivity index (χ3v) is 2.88. The lowest BCUT2D eigenvalue weighted by molar-refractivity contribution is 0.115. The maximum Gasteiger partial charge on any atom is 0.131 e. The first-order chi connectivity index (χ1) is 7.74. The van der Waals surface area contributed by atoms with Gasteiger partial charge in [0.15, 0.2) is 0 Å². The summed E-state index contributed by atoms with van der Waals surface area (Å²) >= 11 is 0. The van der Waals surface area contributed by atoms with Gasteiger partial charge in [-0.05, 0) is 36.8 Å². The Morgan fingerprint density at radius 2 is 2.06 bits per heavy atom. The van der Waals surface area contributed by atoms with E-state index in [-0.39, 0.29) is 5.60 Å². The second-order valence-corrected chi connectivity index (χ2v) is 4.00. The van der Waals surface area contributed by atoms with Crippen molar-refractivity contribution in [1.82, 2.24) is 0 Å². The highest BCUT2D eigenvalue weighted by Crippen LogP contribution is 2.29. The standard InChI is InChI=1S/C14H16O2/c1-2-14(10-8-12(15)9-11-14)16-13-6-4-3-5-7-13/h3-10,15H,2,11H2,1H3. The molecule has 16 heavy (non-hydrogen) atoms. The van der Waals surface area contributed by atoms with Gasteiger partial charge < -0.3 is 9.84 Å². The first-order valence-electron chi connectivity index (χ1n) is 5.56. The second kappa shape index (κ2) is 4.44. The van der Waals surface area contributed by atoms with Crippen molar-refractivity contribution in [3.05, 3.63) is 54.3 Å². The SMILES string of the molecule is CCC1(Oc2ccccc2)C=CC(O)=CC1. The van der Waals surface area contributed by atoms with Crippen LogP contribution in [0.15, 0.2) is 54.3 Å². The zero-order chi connectivity index (χ0) is 11.4. The van der Waals surface area contributed by atoms with Crippen molar-refractivity contribution in [2.75, 3.05) is 0 Å². The number of rotatable bonds is 3. The summed E-state index contributed by atoms with van der Waals surface area (Å²) < 4.78 is 6.00. The third-order valence-electron chi connectivity index (χ3n) is 2.88. The highest BCUT2D eigenvalue weighted by Gasteiger charge is 2.28. The Morgan fingerprint density at radius 1 is 1.31 bits per heavy atom. The first-order valence-corrected chi connectivity index (χ1v) is 5.56. The van der Waals surface area contributed by atoms with Gasteiger partial charge in [0.25, 0.3) is 0 Å². The number of para-hydroxylation sites is 1. The fourth-order valence-corrected chi connectivity index (χ4v) is 1.78. The van der Waals surface area contributed by atoms with Crippen LogP contribution in [0, 0.1) is 0 Å². The summed E-state index contributed by atoms with van der Waals surface area (Å²) in [6.07, 6.45) is 7.03. The quantitative estimate of drug-likeness (QED) is 0.836. The number of aliphatic hydroxyl groups is 1. The third kappa shape index (κ3) is 2.27. The molecule has 0 amide bonds. The van der Waals surface area contributed by atoms with Crippen LogP contribution in [0.2, 0.25) is 0 Å². The summed E-state index contributed by atoms with van der Waals surface area (Å²) in [5.41, 5.74) is -0.312. The minimum atomic E-state index is -0.312. The van der Waals surface area contributed by atoms with Gasteiger partial charge in [0.1, 0.15) is 17.1 Å². The van der Waals surface area contributed by atoms with Crippen LogP contribution >= 0.6 is 0 Å². The monoisotopic (exact) mass is 216 g/mol. The highest BCUT2D eigenvalue weighted by molar-refractivity contribution is 5.28. The van der Waals surface area contributed by atoms with Crippen molar-refractivity contribution in [1.29, 1.82) is 0 Å². The van der Waals surface area contributed by atoms with Crippen LogP contribution < -0.4 is 4.74 Å². The van der Waals surface area contributed by atoms with Crippen LogP contribution in [0.4, 0.5) is 0 Å². The van der Waals surface area contributed by atoms with E-state index < -0.39 is 0 Å². The molecule has 0 saturated carbocycles. The Hall–Kier alpha value is -1.70. The zero-order valence-electron chi connectivity index (χ0n) is 9.39. The van der Waals surface area contributed by atoms with E-state index in [1.54, 1.807) is 12.2 Å². The van der Waals surface area contributed by atoms with Gasteiger partial charge in [0, 0.05) is 6.42 Å². The van der Waals surface area contributed by atoms with Crippen molar-refractivity contribution in [2.24, 2.45) is 0 Å². The van der Waals surface area contributed by atoms with Crippen molar-refractivity contribution in [2.45, 2.75) is 25.4 Å². The van der Waals surface area contributed by atoms with Crippen LogP contribution in [0.5, 0.6) is 5.75 Å². The van der Waals surface area contributed by atoms with E-state index in [0.717, 1.165) is 12.2 Å². The summed E-state index contributed by atoms with van der Waals surface area (Å²) in [5, 5.41) is 9.32. The average molecular weight is 216 g/mol. The summed E-state index contributed by atoms with van der Waals surface area (Å²) in [6.45, 7) is 2.09. The molecule has 0 heterocycles. The van der Waals surface area contributed by atoms with Gasteiger partial charge in [-0.15, -0.1) is 0 Å². The lowest BCUT2D eigenvalue weighted by atomic mass is 9.91. The molecular weight excluding hydrogens is 200 g/mol. The number of ether oxygens (including phenoxy) is 1. The van der Waals surface area contributed by atoms with Crippen molar-refractivity contribution < 1.29 is 9.84 Å². The largest absolute Gasteiger partial charge is 0.508 e. The Bertz CT molecular complexity index is 406. The van der Waals surface area contributed by atoms with Gasteiger partial charge >= 0.3 is 0 Å². The maximum absolute atomic E-state index is 9.32. The molecule has 0 fully saturated rings. The normalized spacial score (nSPS) is 23.9. The van der Waals surface area contributed by atoms with E-state index in [2.05, 4.69) is 6.92 Å². The van der Waals surface area contributed by atoms with Gasteiger partial charge in [0.05, 0.1) is 0 Å². The second-order valence-electron chi connectivity index (χ2n) is 4.00. The lowest BCUT2D eigenvalue weighted by Gasteiger charge is -2.31.